The van der Waals surface area contributed by atoms with Crippen LogP contribution in [-0.2, 0) is 32.6 Å². The summed E-state index contributed by atoms with van der Waals surface area (Å²) in [7, 11) is -3.32. The number of hydrogen-bond donors (Lipinski definition) is 1. The maximum Gasteiger partial charge on any atom is 0.273 e. The molecule has 1 N–H and O–H groups in total. The fourth-order valence-corrected chi connectivity index (χ4v) is 7.98. The van der Waals surface area contributed by atoms with Crippen LogP contribution < -0.4 is 14.4 Å². The third-order valence-corrected chi connectivity index (χ3v) is 11.1. The highest BCUT2D eigenvalue weighted by molar-refractivity contribution is 7.92. The Kier molecular flexibility index (Phi) is 12.0. The molecule has 0 bridgehead atoms. The number of rotatable bonds is 14. The number of nitrogens with one attached hydrogen (secondary N) is 1. The minimum absolute atomic E-state index is 0.00662. The Morgan fingerprint density at radius 2 is 1.67 bits per heavy atom. The lowest BCUT2D eigenvalue weighted by atomic mass is 10.0. The molecule has 1 fully saturated rings. The van der Waals surface area contributed by atoms with Gasteiger partial charge in [-0.1, -0.05) is 90.7 Å². The number of benzene rings is 4. The van der Waals surface area contributed by atoms with Crippen molar-refractivity contribution in [1.29, 1.82) is 0 Å². The number of carbonyl (C=O) groups is 2. The molecule has 0 spiro atoms. The first-order valence-electron chi connectivity index (χ1n) is 16.7. The Bertz CT molecular complexity index is 2000. The molecule has 0 saturated heterocycles. The van der Waals surface area contributed by atoms with Gasteiger partial charge in [-0.2, -0.15) is 0 Å². The Hall–Kier alpha value is -4.94. The second-order valence-corrected chi connectivity index (χ2v) is 15.0. The highest BCUT2D eigenvalue weighted by Gasteiger charge is 2.37. The van der Waals surface area contributed by atoms with Gasteiger partial charge in [0.05, 0.1) is 22.6 Å². The van der Waals surface area contributed by atoms with Gasteiger partial charge in [-0.25, -0.2) is 8.42 Å². The molecule has 1 saturated carbocycles. The van der Waals surface area contributed by atoms with Crippen LogP contribution in [-0.4, -0.2) is 55.8 Å². The molecule has 51 heavy (non-hydrogen) atoms. The molecule has 0 radical (unpaired) electrons. The average molecular weight is 733 g/mol. The number of sulfonamides is 1. The molecular formula is C38H41ClN4O7S. The molecule has 13 heteroatoms. The van der Waals surface area contributed by atoms with E-state index in [0.29, 0.717) is 0 Å². The number of anilines is 1. The van der Waals surface area contributed by atoms with Gasteiger partial charge in [0.2, 0.25) is 11.8 Å². The molecule has 5 rings (SSSR count). The quantitative estimate of drug-likeness (QED) is 0.112. The summed E-state index contributed by atoms with van der Waals surface area (Å²) < 4.78 is 35.4. The van der Waals surface area contributed by atoms with E-state index >= 15 is 0 Å². The third-order valence-electron chi connectivity index (χ3n) is 9.06. The highest BCUT2D eigenvalue weighted by Crippen LogP contribution is 2.36. The van der Waals surface area contributed by atoms with Gasteiger partial charge in [0.1, 0.15) is 18.3 Å². The number of halogens is 1. The molecule has 0 aromatic heterocycles. The van der Waals surface area contributed by atoms with E-state index in [0.717, 1.165) is 52.7 Å². The van der Waals surface area contributed by atoms with Crippen LogP contribution in [0.5, 0.6) is 5.75 Å². The van der Waals surface area contributed by atoms with Gasteiger partial charge in [0.15, 0.2) is 0 Å². The number of aryl methyl sites for hydroxylation is 2. The number of ether oxygens (including phenoxy) is 1. The maximum atomic E-state index is 14.8. The fourth-order valence-electron chi connectivity index (χ4n) is 6.37. The molecule has 1 aliphatic carbocycles. The summed E-state index contributed by atoms with van der Waals surface area (Å²) in [4.78, 5) is 41.2. The number of carbonyl (C=O) groups excluding carboxylic acids is 2. The van der Waals surface area contributed by atoms with Crippen molar-refractivity contribution in [3.63, 3.8) is 0 Å². The molecule has 0 unspecified atom stereocenters. The molecule has 0 heterocycles. The van der Waals surface area contributed by atoms with E-state index in [1.807, 2.05) is 61.5 Å². The minimum atomic E-state index is -4.67. The normalized spacial score (nSPS) is 13.7. The van der Waals surface area contributed by atoms with Crippen molar-refractivity contribution in [3.8, 4) is 5.75 Å². The first-order valence-corrected chi connectivity index (χ1v) is 18.5. The lowest BCUT2D eigenvalue weighted by Crippen LogP contribution is -2.54. The molecule has 0 aliphatic heterocycles. The number of methoxy groups -OCH3 is 1. The van der Waals surface area contributed by atoms with Crippen molar-refractivity contribution < 1.29 is 27.7 Å². The lowest BCUT2D eigenvalue weighted by Gasteiger charge is -2.34. The smallest absolute Gasteiger partial charge is 0.273 e. The Morgan fingerprint density at radius 3 is 2.33 bits per heavy atom. The number of nitro benzene ring substituents is 1. The van der Waals surface area contributed by atoms with Crippen LogP contribution in [0.2, 0.25) is 5.02 Å². The zero-order valence-corrected chi connectivity index (χ0v) is 30.3. The lowest BCUT2D eigenvalue weighted by molar-refractivity contribution is -0.385. The third kappa shape index (κ3) is 9.05. The summed E-state index contributed by atoms with van der Waals surface area (Å²) in [5.41, 5.74) is 2.34. The van der Waals surface area contributed by atoms with E-state index in [9.17, 15) is 28.1 Å². The molecule has 4 aromatic rings. The number of nitro groups is 1. The number of hydrogen-bond acceptors (Lipinski definition) is 7. The SMILES string of the molecule is COc1ccc(Cl)cc1N(CC(=O)N(Cc1cccc(C)c1)[C@@H](Cc1ccccc1)C(=O)NC1CCCC1)S(=O)(=O)c1ccc(C)c([N+](=O)[O-])c1. The van der Waals surface area contributed by atoms with Crippen molar-refractivity contribution in [1.82, 2.24) is 10.2 Å². The number of nitrogens with zero attached hydrogens (tertiary/aromatic N) is 3. The van der Waals surface area contributed by atoms with Crippen molar-refractivity contribution in [2.45, 2.75) is 69.5 Å². The van der Waals surface area contributed by atoms with Gasteiger partial charge in [-0.05, 0) is 62.1 Å². The molecule has 4 aromatic carbocycles. The Morgan fingerprint density at radius 1 is 0.961 bits per heavy atom. The summed E-state index contributed by atoms with van der Waals surface area (Å²) in [5.74, 6) is -0.913. The van der Waals surface area contributed by atoms with Gasteiger partial charge in [-0.3, -0.25) is 24.0 Å². The first kappa shape index (κ1) is 37.3. The van der Waals surface area contributed by atoms with Crippen molar-refractivity contribution in [3.05, 3.63) is 128 Å². The molecule has 1 atom stereocenters. The first-order chi connectivity index (χ1) is 24.4. The summed E-state index contributed by atoms with van der Waals surface area (Å²) in [6.07, 6.45) is 3.82. The zero-order valence-electron chi connectivity index (χ0n) is 28.8. The van der Waals surface area contributed by atoms with Crippen LogP contribution in [0.15, 0.2) is 95.9 Å². The van der Waals surface area contributed by atoms with Crippen LogP contribution >= 0.6 is 11.6 Å². The minimum Gasteiger partial charge on any atom is -0.495 e. The van der Waals surface area contributed by atoms with Crippen molar-refractivity contribution in [2.24, 2.45) is 0 Å². The van der Waals surface area contributed by atoms with Gasteiger partial charge < -0.3 is 15.0 Å². The predicted octanol–water partition coefficient (Wildman–Crippen LogP) is 6.77. The molecule has 1 aliphatic rings. The van der Waals surface area contributed by atoms with E-state index < -0.39 is 44.0 Å². The largest absolute Gasteiger partial charge is 0.495 e. The average Bonchev–Trinajstić information content (AvgIpc) is 3.62. The fraction of sp³-hybridized carbons (Fsp3) is 0.316. The highest BCUT2D eigenvalue weighted by atomic mass is 35.5. The van der Waals surface area contributed by atoms with Gasteiger partial charge in [-0.15, -0.1) is 0 Å². The van der Waals surface area contributed by atoms with Crippen molar-refractivity contribution in [2.75, 3.05) is 18.0 Å². The van der Waals surface area contributed by atoms with Crippen LogP contribution in [0.25, 0.3) is 0 Å². The monoisotopic (exact) mass is 732 g/mol. The van der Waals surface area contributed by atoms with Crippen LogP contribution in [0.3, 0.4) is 0 Å². The predicted molar refractivity (Wildman–Crippen MR) is 196 cm³/mol. The topological polar surface area (TPSA) is 139 Å². The number of amides is 2. The Balaban J connectivity index is 1.64. The van der Waals surface area contributed by atoms with E-state index in [1.54, 1.807) is 0 Å². The summed E-state index contributed by atoms with van der Waals surface area (Å²) >= 11 is 6.37. The second kappa shape index (κ2) is 16.4. The van der Waals surface area contributed by atoms with Gasteiger partial charge >= 0.3 is 0 Å². The molecule has 2 amide bonds. The Labute approximate surface area is 303 Å². The maximum absolute atomic E-state index is 14.8. The summed E-state index contributed by atoms with van der Waals surface area (Å²) in [6, 6.07) is 23.7. The van der Waals surface area contributed by atoms with E-state index in [2.05, 4.69) is 5.32 Å². The van der Waals surface area contributed by atoms with Crippen LogP contribution in [0.1, 0.15) is 47.9 Å². The molecular weight excluding hydrogens is 692 g/mol. The van der Waals surface area contributed by atoms with E-state index in [-0.39, 0.29) is 46.9 Å². The van der Waals surface area contributed by atoms with E-state index in [1.165, 1.54) is 49.3 Å². The second-order valence-electron chi connectivity index (χ2n) is 12.7. The van der Waals surface area contributed by atoms with E-state index in [4.69, 9.17) is 16.3 Å². The summed E-state index contributed by atoms with van der Waals surface area (Å²) in [6.45, 7) is 2.66. The van der Waals surface area contributed by atoms with Crippen LogP contribution in [0, 0.1) is 24.0 Å². The van der Waals surface area contributed by atoms with Gasteiger partial charge in [0.25, 0.3) is 15.7 Å². The summed E-state index contributed by atoms with van der Waals surface area (Å²) in [5, 5.41) is 15.1. The zero-order chi connectivity index (χ0) is 36.7. The van der Waals surface area contributed by atoms with Gasteiger partial charge in [0, 0.05) is 35.7 Å². The molecule has 268 valence electrons. The van der Waals surface area contributed by atoms with Crippen LogP contribution in [0.4, 0.5) is 11.4 Å². The molecule has 11 nitrogen and oxygen atoms in total. The van der Waals surface area contributed by atoms with Crippen molar-refractivity contribution >= 4 is 44.8 Å². The standard InChI is InChI=1S/C38H41ClN4O7S/c1-26-10-9-13-29(20-26)24-41(35(21-28-11-5-4-6-12-28)38(45)40-31-14-7-8-15-31)37(44)25-42(34-22-30(39)17-19-36(34)50-3)51(48,49)32-18-16-27(2)33(23-32)43(46)47/h4-6,9-13,16-20,22-23,31,35H,7-8,14-15,21,24-25H2,1-3H3,(H,40,45)/t35-/m0/s1.